The maximum atomic E-state index is 5.42. The minimum absolute atomic E-state index is 0.722. The van der Waals surface area contributed by atoms with E-state index in [-0.39, 0.29) is 0 Å². The van der Waals surface area contributed by atoms with Gasteiger partial charge in [-0.05, 0) is 31.9 Å². The molecule has 4 nitrogen and oxygen atoms in total. The summed E-state index contributed by atoms with van der Waals surface area (Å²) in [6.45, 7) is 8.33. The summed E-state index contributed by atoms with van der Waals surface area (Å²) >= 11 is 1.77. The second-order valence-electron chi connectivity index (χ2n) is 4.22. The average molecular weight is 240 g/mol. The van der Waals surface area contributed by atoms with Gasteiger partial charge in [-0.15, -0.1) is 11.8 Å². The highest BCUT2D eigenvalue weighted by Crippen LogP contribution is 2.25. The van der Waals surface area contributed by atoms with Crippen molar-refractivity contribution in [2.45, 2.75) is 39.1 Å². The lowest BCUT2D eigenvalue weighted by Gasteiger charge is -2.10. The van der Waals surface area contributed by atoms with Gasteiger partial charge in [-0.3, -0.25) is 0 Å². The molecule has 1 rings (SSSR count). The Hall–Kier alpha value is -0.810. The molecule has 5 heteroatoms. The lowest BCUT2D eigenvalue weighted by atomic mass is 10.2. The molecule has 0 spiro atoms. The van der Waals surface area contributed by atoms with Crippen LogP contribution in [0.4, 0.5) is 5.82 Å². The molecule has 3 N–H and O–H groups in total. The SMILES string of the molecule is Cc1nc(NN)c(C)c(SCCC(C)C)n1. The van der Waals surface area contributed by atoms with Crippen LogP contribution in [0.3, 0.4) is 0 Å². The highest BCUT2D eigenvalue weighted by molar-refractivity contribution is 7.99. The molecule has 0 saturated heterocycles. The van der Waals surface area contributed by atoms with Crippen molar-refractivity contribution in [1.29, 1.82) is 0 Å². The lowest BCUT2D eigenvalue weighted by Crippen LogP contribution is -2.12. The summed E-state index contributed by atoms with van der Waals surface area (Å²) in [5, 5.41) is 1.03. The Labute approximate surface area is 101 Å². The van der Waals surface area contributed by atoms with Gasteiger partial charge in [0.1, 0.15) is 16.7 Å². The highest BCUT2D eigenvalue weighted by atomic mass is 32.2. The molecular weight excluding hydrogens is 220 g/mol. The third-order valence-electron chi connectivity index (χ3n) is 2.28. The fourth-order valence-electron chi connectivity index (χ4n) is 1.28. The first kappa shape index (κ1) is 13.3. The maximum absolute atomic E-state index is 5.42. The van der Waals surface area contributed by atoms with Gasteiger partial charge in [0.2, 0.25) is 0 Å². The molecule has 0 radical (unpaired) electrons. The van der Waals surface area contributed by atoms with Crippen LogP contribution < -0.4 is 11.3 Å². The molecule has 0 saturated carbocycles. The molecule has 0 aliphatic heterocycles. The molecule has 90 valence electrons. The zero-order valence-corrected chi connectivity index (χ0v) is 11.2. The second-order valence-corrected chi connectivity index (χ2v) is 5.31. The molecule has 0 aromatic carbocycles. The molecule has 1 aromatic rings. The van der Waals surface area contributed by atoms with Crippen LogP contribution in [0, 0.1) is 19.8 Å². The number of anilines is 1. The van der Waals surface area contributed by atoms with Crippen LogP contribution in [-0.4, -0.2) is 15.7 Å². The van der Waals surface area contributed by atoms with Crippen molar-refractivity contribution in [2.75, 3.05) is 11.2 Å². The molecule has 0 bridgehead atoms. The zero-order chi connectivity index (χ0) is 12.1. The number of nitrogens with two attached hydrogens (primary N) is 1. The van der Waals surface area contributed by atoms with Crippen molar-refractivity contribution in [2.24, 2.45) is 11.8 Å². The summed E-state index contributed by atoms with van der Waals surface area (Å²) in [5.41, 5.74) is 3.64. The Bertz CT molecular complexity index is 352. The number of aromatic nitrogens is 2. The predicted molar refractivity (Wildman–Crippen MR) is 69.5 cm³/mol. The van der Waals surface area contributed by atoms with E-state index in [1.54, 1.807) is 11.8 Å². The second kappa shape index (κ2) is 6.06. The number of hydrogen-bond acceptors (Lipinski definition) is 5. The van der Waals surface area contributed by atoms with Crippen molar-refractivity contribution in [3.63, 3.8) is 0 Å². The van der Waals surface area contributed by atoms with E-state index in [0.717, 1.165) is 33.9 Å². The Kier molecular flexibility index (Phi) is 5.02. The van der Waals surface area contributed by atoms with Gasteiger partial charge < -0.3 is 5.43 Å². The molecule has 16 heavy (non-hydrogen) atoms. The van der Waals surface area contributed by atoms with Gasteiger partial charge in [-0.2, -0.15) is 0 Å². The van der Waals surface area contributed by atoms with E-state index in [9.17, 15) is 0 Å². The third kappa shape index (κ3) is 3.64. The van der Waals surface area contributed by atoms with Crippen LogP contribution in [-0.2, 0) is 0 Å². The van der Waals surface area contributed by atoms with E-state index in [4.69, 9.17) is 5.84 Å². The minimum atomic E-state index is 0.722. The van der Waals surface area contributed by atoms with Gasteiger partial charge in [0.05, 0.1) is 0 Å². The minimum Gasteiger partial charge on any atom is -0.308 e. The van der Waals surface area contributed by atoms with Crippen LogP contribution in [0.5, 0.6) is 0 Å². The summed E-state index contributed by atoms with van der Waals surface area (Å²) in [6, 6.07) is 0. The molecule has 0 atom stereocenters. The van der Waals surface area contributed by atoms with Gasteiger partial charge in [-0.25, -0.2) is 15.8 Å². The summed E-state index contributed by atoms with van der Waals surface area (Å²) in [4.78, 5) is 8.67. The van der Waals surface area contributed by atoms with Crippen molar-refractivity contribution < 1.29 is 0 Å². The summed E-state index contributed by atoms with van der Waals surface area (Å²) in [6.07, 6.45) is 1.19. The third-order valence-corrected chi connectivity index (χ3v) is 3.39. The Morgan fingerprint density at radius 1 is 1.31 bits per heavy atom. The summed E-state index contributed by atoms with van der Waals surface area (Å²) in [7, 11) is 0. The first-order valence-corrected chi connectivity index (χ1v) is 6.47. The first-order chi connectivity index (χ1) is 7.54. The number of nitrogens with zero attached hydrogens (tertiary/aromatic N) is 2. The number of hydrogen-bond donors (Lipinski definition) is 2. The zero-order valence-electron chi connectivity index (χ0n) is 10.4. The number of nitrogens with one attached hydrogen (secondary N) is 1. The molecule has 0 aliphatic rings. The lowest BCUT2D eigenvalue weighted by molar-refractivity contribution is 0.631. The monoisotopic (exact) mass is 240 g/mol. The molecule has 0 fully saturated rings. The van der Waals surface area contributed by atoms with Gasteiger partial charge in [-0.1, -0.05) is 13.8 Å². The van der Waals surface area contributed by atoms with Gasteiger partial charge in [0, 0.05) is 5.56 Å². The fourth-order valence-corrected chi connectivity index (χ4v) is 2.57. The number of thioether (sulfide) groups is 1. The van der Waals surface area contributed by atoms with Crippen LogP contribution in [0.15, 0.2) is 5.03 Å². The molecule has 1 aromatic heterocycles. The van der Waals surface area contributed by atoms with Crippen molar-refractivity contribution >= 4 is 17.6 Å². The largest absolute Gasteiger partial charge is 0.308 e. The summed E-state index contributed by atoms with van der Waals surface area (Å²) < 4.78 is 0. The van der Waals surface area contributed by atoms with E-state index in [0.29, 0.717) is 0 Å². The van der Waals surface area contributed by atoms with Crippen molar-refractivity contribution in [1.82, 2.24) is 9.97 Å². The number of hydrazine groups is 1. The molecule has 1 heterocycles. The first-order valence-electron chi connectivity index (χ1n) is 5.49. The van der Waals surface area contributed by atoms with E-state index >= 15 is 0 Å². The number of nitrogen functional groups attached to an aromatic ring is 1. The quantitative estimate of drug-likeness (QED) is 0.358. The number of rotatable bonds is 5. The van der Waals surface area contributed by atoms with E-state index < -0.39 is 0 Å². The van der Waals surface area contributed by atoms with E-state index in [1.165, 1.54) is 6.42 Å². The predicted octanol–water partition coefficient (Wildman–Crippen LogP) is 2.52. The average Bonchev–Trinajstić information content (AvgIpc) is 2.22. The van der Waals surface area contributed by atoms with Crippen molar-refractivity contribution in [3.8, 4) is 0 Å². The van der Waals surface area contributed by atoms with E-state index in [2.05, 4.69) is 29.2 Å². The molecular formula is C11H20N4S. The molecule has 0 amide bonds. The topological polar surface area (TPSA) is 63.8 Å². The number of aryl methyl sites for hydroxylation is 1. The standard InChI is InChI=1S/C11H20N4S/c1-7(2)5-6-16-11-8(3)10(15-12)13-9(4)14-11/h7H,5-6,12H2,1-4H3,(H,13,14,15). The van der Waals surface area contributed by atoms with Gasteiger partial charge >= 0.3 is 0 Å². The fraction of sp³-hybridized carbons (Fsp3) is 0.636. The van der Waals surface area contributed by atoms with Crippen LogP contribution in [0.2, 0.25) is 0 Å². The van der Waals surface area contributed by atoms with Crippen LogP contribution in [0.1, 0.15) is 31.7 Å². The molecule has 0 aliphatic carbocycles. The normalized spacial score (nSPS) is 10.9. The van der Waals surface area contributed by atoms with Crippen LogP contribution in [0.25, 0.3) is 0 Å². The van der Waals surface area contributed by atoms with Crippen molar-refractivity contribution in [3.05, 3.63) is 11.4 Å². The van der Waals surface area contributed by atoms with Crippen LogP contribution >= 0.6 is 11.8 Å². The highest BCUT2D eigenvalue weighted by Gasteiger charge is 2.08. The van der Waals surface area contributed by atoms with Gasteiger partial charge in [0.15, 0.2) is 0 Å². The Balaban J connectivity index is 2.75. The summed E-state index contributed by atoms with van der Waals surface area (Å²) in [5.74, 6) is 8.70. The van der Waals surface area contributed by atoms with E-state index in [1.807, 2.05) is 13.8 Å². The Morgan fingerprint density at radius 3 is 2.56 bits per heavy atom. The Morgan fingerprint density at radius 2 is 2.00 bits per heavy atom. The maximum Gasteiger partial charge on any atom is 0.147 e. The molecule has 0 unspecified atom stereocenters. The smallest absolute Gasteiger partial charge is 0.147 e. The van der Waals surface area contributed by atoms with Gasteiger partial charge in [0.25, 0.3) is 0 Å².